The maximum absolute atomic E-state index is 12.6. The lowest BCUT2D eigenvalue weighted by Crippen LogP contribution is -1.99. The van der Waals surface area contributed by atoms with Gasteiger partial charge in [-0.2, -0.15) is 5.10 Å². The molecular formula is C12H10F2N2O3. The number of phenols is 1. The predicted octanol–water partition coefficient (Wildman–Crippen LogP) is 2.43. The van der Waals surface area contributed by atoms with E-state index < -0.39 is 12.4 Å². The first-order valence-electron chi connectivity index (χ1n) is 5.29. The number of alkyl halides is 2. The highest BCUT2D eigenvalue weighted by Gasteiger charge is 2.17. The molecule has 19 heavy (non-hydrogen) atoms. The fourth-order valence-electron chi connectivity index (χ4n) is 1.72. The Hall–Kier alpha value is -2.44. The Balaban J connectivity index is 2.57. The van der Waals surface area contributed by atoms with Gasteiger partial charge in [-0.25, -0.2) is 13.6 Å². The van der Waals surface area contributed by atoms with Crippen LogP contribution in [0.3, 0.4) is 0 Å². The van der Waals surface area contributed by atoms with Crippen molar-refractivity contribution < 1.29 is 23.8 Å². The number of benzene rings is 1. The van der Waals surface area contributed by atoms with Gasteiger partial charge in [0.2, 0.25) is 0 Å². The van der Waals surface area contributed by atoms with E-state index in [2.05, 4.69) is 5.10 Å². The third-order valence-corrected chi connectivity index (χ3v) is 2.65. The highest BCUT2D eigenvalue weighted by atomic mass is 19.3. The molecule has 100 valence electrons. The third-order valence-electron chi connectivity index (χ3n) is 2.65. The summed E-state index contributed by atoms with van der Waals surface area (Å²) in [5.74, 6) is -1.45. The number of aryl methyl sites for hydroxylation is 1. The quantitative estimate of drug-likeness (QED) is 0.896. The van der Waals surface area contributed by atoms with Crippen molar-refractivity contribution in [2.75, 3.05) is 0 Å². The topological polar surface area (TPSA) is 75.4 Å². The fraction of sp³-hybridized carbons (Fsp3) is 0.167. The molecule has 0 fully saturated rings. The number of carbonyl (C=O) groups is 1. The van der Waals surface area contributed by atoms with Crippen LogP contribution in [0.25, 0.3) is 11.3 Å². The number of aromatic nitrogens is 2. The molecule has 0 aliphatic heterocycles. The third kappa shape index (κ3) is 2.40. The number of carboxylic acid groups (broad SMARTS) is 1. The molecule has 0 amide bonds. The Morgan fingerprint density at radius 2 is 2.05 bits per heavy atom. The number of hydrogen-bond donors (Lipinski definition) is 2. The largest absolute Gasteiger partial charge is 0.507 e. The van der Waals surface area contributed by atoms with Gasteiger partial charge in [0.05, 0.1) is 5.69 Å². The van der Waals surface area contributed by atoms with Crippen LogP contribution in [-0.4, -0.2) is 26.0 Å². The monoisotopic (exact) mass is 268 g/mol. The smallest absolute Gasteiger partial charge is 0.356 e. The molecule has 5 nitrogen and oxygen atoms in total. The van der Waals surface area contributed by atoms with Gasteiger partial charge in [-0.15, -0.1) is 0 Å². The van der Waals surface area contributed by atoms with Gasteiger partial charge in [0.1, 0.15) is 5.75 Å². The summed E-state index contributed by atoms with van der Waals surface area (Å²) in [6, 6.07) is 4.58. The van der Waals surface area contributed by atoms with E-state index in [1.165, 1.54) is 17.8 Å². The normalized spacial score (nSPS) is 10.9. The fourth-order valence-corrected chi connectivity index (χ4v) is 1.72. The summed E-state index contributed by atoms with van der Waals surface area (Å²) < 4.78 is 26.5. The van der Waals surface area contributed by atoms with Gasteiger partial charge in [0.25, 0.3) is 6.43 Å². The summed E-state index contributed by atoms with van der Waals surface area (Å²) in [6.45, 7) is 0. The minimum atomic E-state index is -2.67. The van der Waals surface area contributed by atoms with Crippen LogP contribution in [0.2, 0.25) is 0 Å². The van der Waals surface area contributed by atoms with E-state index in [-0.39, 0.29) is 28.3 Å². The molecule has 0 bridgehead atoms. The SMILES string of the molecule is Cn1nc(C(=O)O)cc1-c1cc(C(F)F)ccc1O. The molecule has 1 heterocycles. The maximum atomic E-state index is 12.6. The molecule has 0 spiro atoms. The van der Waals surface area contributed by atoms with Crippen LogP contribution in [0.4, 0.5) is 8.78 Å². The second kappa shape index (κ2) is 4.68. The van der Waals surface area contributed by atoms with E-state index in [0.717, 1.165) is 18.2 Å². The maximum Gasteiger partial charge on any atom is 0.356 e. The number of aromatic hydroxyl groups is 1. The number of rotatable bonds is 3. The Morgan fingerprint density at radius 3 is 2.58 bits per heavy atom. The van der Waals surface area contributed by atoms with Gasteiger partial charge < -0.3 is 10.2 Å². The van der Waals surface area contributed by atoms with Crippen molar-refractivity contribution in [2.24, 2.45) is 7.05 Å². The Bertz CT molecular complexity index is 638. The molecule has 2 aromatic rings. The summed E-state index contributed by atoms with van der Waals surface area (Å²) >= 11 is 0. The standard InChI is InChI=1S/C12H10F2N2O3/c1-16-9(5-8(15-16)12(18)19)7-4-6(11(13)14)2-3-10(7)17/h2-5,11,17H,1H3,(H,18,19). The van der Waals surface area contributed by atoms with Crippen LogP contribution < -0.4 is 0 Å². The molecule has 1 aromatic heterocycles. The van der Waals surface area contributed by atoms with Crippen molar-refractivity contribution in [2.45, 2.75) is 6.43 Å². The van der Waals surface area contributed by atoms with Crippen LogP contribution in [-0.2, 0) is 7.05 Å². The number of hydrogen-bond acceptors (Lipinski definition) is 3. The summed E-state index contributed by atoms with van der Waals surface area (Å²) in [5.41, 5.74) is -0.122. The van der Waals surface area contributed by atoms with Crippen molar-refractivity contribution in [1.82, 2.24) is 9.78 Å². The van der Waals surface area contributed by atoms with Crippen molar-refractivity contribution in [3.63, 3.8) is 0 Å². The molecule has 7 heteroatoms. The number of nitrogens with zero attached hydrogens (tertiary/aromatic N) is 2. The van der Waals surface area contributed by atoms with Crippen LogP contribution in [0.5, 0.6) is 5.75 Å². The first-order valence-corrected chi connectivity index (χ1v) is 5.29. The summed E-state index contributed by atoms with van der Waals surface area (Å²) in [4.78, 5) is 10.8. The molecule has 0 saturated heterocycles. The number of aromatic carboxylic acids is 1. The first-order chi connectivity index (χ1) is 8.90. The highest BCUT2D eigenvalue weighted by molar-refractivity contribution is 5.87. The van der Waals surface area contributed by atoms with Crippen molar-refractivity contribution in [1.29, 1.82) is 0 Å². The molecule has 2 N–H and O–H groups in total. The molecular weight excluding hydrogens is 258 g/mol. The van der Waals surface area contributed by atoms with Crippen LogP contribution in [0.15, 0.2) is 24.3 Å². The summed E-state index contributed by atoms with van der Waals surface area (Å²) in [5, 5.41) is 22.3. The highest BCUT2D eigenvalue weighted by Crippen LogP contribution is 2.33. The zero-order valence-electron chi connectivity index (χ0n) is 9.84. The zero-order valence-corrected chi connectivity index (χ0v) is 9.84. The van der Waals surface area contributed by atoms with E-state index in [1.54, 1.807) is 0 Å². The van der Waals surface area contributed by atoms with E-state index in [1.807, 2.05) is 0 Å². The lowest BCUT2D eigenvalue weighted by Gasteiger charge is -2.07. The van der Waals surface area contributed by atoms with Crippen molar-refractivity contribution in [3.8, 4) is 17.0 Å². The minimum absolute atomic E-state index is 0.111. The van der Waals surface area contributed by atoms with Gasteiger partial charge in [-0.1, -0.05) is 0 Å². The lowest BCUT2D eigenvalue weighted by atomic mass is 10.1. The van der Waals surface area contributed by atoms with Crippen LogP contribution in [0, 0.1) is 0 Å². The molecule has 1 aromatic carbocycles. The molecule has 0 saturated carbocycles. The van der Waals surface area contributed by atoms with Gasteiger partial charge >= 0.3 is 5.97 Å². The Kier molecular flexibility index (Phi) is 3.20. The average Bonchev–Trinajstić information content (AvgIpc) is 2.72. The molecule has 0 aliphatic carbocycles. The first kappa shape index (κ1) is 13.0. The molecule has 0 atom stereocenters. The van der Waals surface area contributed by atoms with Gasteiger partial charge in [-0.05, 0) is 24.3 Å². The molecule has 2 rings (SSSR count). The number of phenolic OH excluding ortho intramolecular Hbond substituents is 1. The molecule has 0 radical (unpaired) electrons. The van der Waals surface area contributed by atoms with E-state index in [0.29, 0.717) is 0 Å². The van der Waals surface area contributed by atoms with Crippen LogP contribution >= 0.6 is 0 Å². The lowest BCUT2D eigenvalue weighted by molar-refractivity contribution is 0.0689. The molecule has 0 aliphatic rings. The van der Waals surface area contributed by atoms with Gasteiger partial charge in [0, 0.05) is 18.2 Å². The zero-order chi connectivity index (χ0) is 14.2. The van der Waals surface area contributed by atoms with E-state index >= 15 is 0 Å². The Labute approximate surface area is 106 Å². The number of carboxylic acids is 1. The van der Waals surface area contributed by atoms with Gasteiger partial charge in [0.15, 0.2) is 5.69 Å². The van der Waals surface area contributed by atoms with E-state index in [4.69, 9.17) is 5.11 Å². The van der Waals surface area contributed by atoms with Crippen LogP contribution in [0.1, 0.15) is 22.5 Å². The molecule has 0 unspecified atom stereocenters. The minimum Gasteiger partial charge on any atom is -0.507 e. The summed E-state index contributed by atoms with van der Waals surface area (Å²) in [7, 11) is 1.47. The average molecular weight is 268 g/mol. The van der Waals surface area contributed by atoms with E-state index in [9.17, 15) is 18.7 Å². The Morgan fingerprint density at radius 1 is 1.37 bits per heavy atom. The van der Waals surface area contributed by atoms with Gasteiger partial charge in [-0.3, -0.25) is 4.68 Å². The van der Waals surface area contributed by atoms with Crippen molar-refractivity contribution >= 4 is 5.97 Å². The second-order valence-corrected chi connectivity index (χ2v) is 3.92. The number of halogens is 2. The second-order valence-electron chi connectivity index (χ2n) is 3.92. The predicted molar refractivity (Wildman–Crippen MR) is 62.2 cm³/mol. The summed E-state index contributed by atoms with van der Waals surface area (Å²) in [6.07, 6.45) is -2.67. The van der Waals surface area contributed by atoms with Crippen molar-refractivity contribution in [3.05, 3.63) is 35.5 Å².